The third kappa shape index (κ3) is 3.92. The van der Waals surface area contributed by atoms with Gasteiger partial charge in [0, 0.05) is 11.6 Å². The Morgan fingerprint density at radius 1 is 1.19 bits per heavy atom. The summed E-state index contributed by atoms with van der Waals surface area (Å²) in [5.41, 5.74) is 1.22. The van der Waals surface area contributed by atoms with Gasteiger partial charge in [0.1, 0.15) is 0 Å². The van der Waals surface area contributed by atoms with Crippen molar-refractivity contribution >= 4 is 23.2 Å². The summed E-state index contributed by atoms with van der Waals surface area (Å²) in [6.07, 6.45) is 4.85. The van der Waals surface area contributed by atoms with Crippen molar-refractivity contribution in [2.45, 2.75) is 51.1 Å². The fraction of sp³-hybridized carbons (Fsp3) is 0.647. The number of nitrogens with zero attached hydrogens (tertiary/aromatic N) is 1. The van der Waals surface area contributed by atoms with Crippen LogP contribution in [0.3, 0.4) is 0 Å². The largest absolute Gasteiger partial charge is 0.315 e. The molecule has 118 valence electrons. The van der Waals surface area contributed by atoms with Gasteiger partial charge < -0.3 is 5.32 Å². The van der Waals surface area contributed by atoms with Crippen molar-refractivity contribution in [3.8, 4) is 0 Å². The molecule has 1 atom stereocenters. The van der Waals surface area contributed by atoms with E-state index in [1.807, 2.05) is 19.2 Å². The van der Waals surface area contributed by atoms with E-state index >= 15 is 0 Å². The fourth-order valence-electron chi connectivity index (χ4n) is 3.32. The minimum Gasteiger partial charge on any atom is -0.315 e. The average Bonchev–Trinajstić information content (AvgIpc) is 2.49. The van der Waals surface area contributed by atoms with Crippen LogP contribution in [0.5, 0.6) is 0 Å². The SMILES string of the molecule is CNC(Cc1cccc(Cl)c1Cl)C(C)(C)N1CCCCC1. The van der Waals surface area contributed by atoms with Crippen LogP contribution in [0, 0.1) is 0 Å². The third-order valence-corrected chi connectivity index (χ3v) is 5.69. The molecule has 0 aliphatic carbocycles. The Morgan fingerprint density at radius 3 is 2.48 bits per heavy atom. The van der Waals surface area contributed by atoms with Gasteiger partial charge in [-0.2, -0.15) is 0 Å². The molecule has 1 aromatic rings. The van der Waals surface area contributed by atoms with Crippen LogP contribution in [0.1, 0.15) is 38.7 Å². The first-order valence-corrected chi connectivity index (χ1v) is 8.57. The van der Waals surface area contributed by atoms with Crippen LogP contribution in [-0.2, 0) is 6.42 Å². The molecule has 0 bridgehead atoms. The smallest absolute Gasteiger partial charge is 0.0624 e. The van der Waals surface area contributed by atoms with E-state index in [0.29, 0.717) is 16.1 Å². The summed E-state index contributed by atoms with van der Waals surface area (Å²) in [7, 11) is 2.04. The van der Waals surface area contributed by atoms with Crippen molar-refractivity contribution in [3.05, 3.63) is 33.8 Å². The quantitative estimate of drug-likeness (QED) is 0.862. The lowest BCUT2D eigenvalue weighted by Gasteiger charge is -2.46. The molecule has 21 heavy (non-hydrogen) atoms. The number of hydrogen-bond acceptors (Lipinski definition) is 2. The van der Waals surface area contributed by atoms with Crippen molar-refractivity contribution in [2.75, 3.05) is 20.1 Å². The van der Waals surface area contributed by atoms with Crippen molar-refractivity contribution in [1.29, 1.82) is 0 Å². The monoisotopic (exact) mass is 328 g/mol. The van der Waals surface area contributed by atoms with Crippen molar-refractivity contribution < 1.29 is 0 Å². The maximum absolute atomic E-state index is 6.36. The normalized spacial score (nSPS) is 18.7. The second-order valence-electron chi connectivity index (χ2n) is 6.46. The first kappa shape index (κ1) is 17.1. The average molecular weight is 329 g/mol. The van der Waals surface area contributed by atoms with E-state index in [4.69, 9.17) is 23.2 Å². The van der Waals surface area contributed by atoms with Gasteiger partial charge in [-0.05, 0) is 64.9 Å². The number of halogens is 2. The molecule has 1 aliphatic rings. The van der Waals surface area contributed by atoms with E-state index in [1.165, 1.54) is 32.4 Å². The number of likely N-dealkylation sites (N-methyl/N-ethyl adjacent to an activating group) is 1. The first-order valence-electron chi connectivity index (χ1n) is 7.82. The highest BCUT2D eigenvalue weighted by molar-refractivity contribution is 6.42. The highest BCUT2D eigenvalue weighted by atomic mass is 35.5. The lowest BCUT2D eigenvalue weighted by molar-refractivity contribution is 0.0635. The van der Waals surface area contributed by atoms with E-state index in [1.54, 1.807) is 0 Å². The minimum atomic E-state index is 0.0980. The molecule has 2 rings (SSSR count). The second-order valence-corrected chi connectivity index (χ2v) is 7.24. The second kappa shape index (κ2) is 7.32. The fourth-order valence-corrected chi connectivity index (χ4v) is 3.72. The molecule has 4 heteroatoms. The van der Waals surface area contributed by atoms with Crippen LogP contribution in [0.4, 0.5) is 0 Å². The predicted octanol–water partition coefficient (Wildman–Crippen LogP) is 4.39. The van der Waals surface area contributed by atoms with E-state index in [-0.39, 0.29) is 5.54 Å². The molecule has 0 saturated carbocycles. The van der Waals surface area contributed by atoms with Gasteiger partial charge in [-0.25, -0.2) is 0 Å². The van der Waals surface area contributed by atoms with Gasteiger partial charge in [0.15, 0.2) is 0 Å². The molecule has 0 amide bonds. The van der Waals surface area contributed by atoms with Crippen LogP contribution in [-0.4, -0.2) is 36.6 Å². The van der Waals surface area contributed by atoms with Crippen LogP contribution in [0.2, 0.25) is 10.0 Å². The highest BCUT2D eigenvalue weighted by Gasteiger charge is 2.35. The van der Waals surface area contributed by atoms with E-state index < -0.39 is 0 Å². The van der Waals surface area contributed by atoms with E-state index in [2.05, 4.69) is 30.1 Å². The van der Waals surface area contributed by atoms with Gasteiger partial charge in [-0.15, -0.1) is 0 Å². The Kier molecular flexibility index (Phi) is 5.96. The first-order chi connectivity index (χ1) is 9.96. The molecule has 0 radical (unpaired) electrons. The zero-order valence-electron chi connectivity index (χ0n) is 13.3. The summed E-state index contributed by atoms with van der Waals surface area (Å²) in [5, 5.41) is 4.82. The predicted molar refractivity (Wildman–Crippen MR) is 92.5 cm³/mol. The maximum atomic E-state index is 6.36. The van der Waals surface area contributed by atoms with Gasteiger partial charge in [-0.1, -0.05) is 41.8 Å². The zero-order chi connectivity index (χ0) is 15.5. The molecule has 1 N–H and O–H groups in total. The Hall–Kier alpha value is -0.280. The van der Waals surface area contributed by atoms with Crippen LogP contribution in [0.25, 0.3) is 0 Å². The van der Waals surface area contributed by atoms with Gasteiger partial charge >= 0.3 is 0 Å². The van der Waals surface area contributed by atoms with Crippen LogP contribution < -0.4 is 5.32 Å². The third-order valence-electron chi connectivity index (χ3n) is 4.83. The minimum absolute atomic E-state index is 0.0980. The van der Waals surface area contributed by atoms with Crippen molar-refractivity contribution in [2.24, 2.45) is 0 Å². The molecule has 1 aromatic carbocycles. The molecule has 1 saturated heterocycles. The van der Waals surface area contributed by atoms with E-state index in [9.17, 15) is 0 Å². The molecule has 0 spiro atoms. The van der Waals surface area contributed by atoms with Crippen LogP contribution >= 0.6 is 23.2 Å². The lowest BCUT2D eigenvalue weighted by Crippen LogP contribution is -2.59. The zero-order valence-corrected chi connectivity index (χ0v) is 14.8. The van der Waals surface area contributed by atoms with Crippen LogP contribution in [0.15, 0.2) is 18.2 Å². The van der Waals surface area contributed by atoms with Gasteiger partial charge in [0.05, 0.1) is 10.0 Å². The number of hydrogen-bond donors (Lipinski definition) is 1. The molecule has 1 heterocycles. The van der Waals surface area contributed by atoms with Gasteiger partial charge in [-0.3, -0.25) is 4.90 Å². The highest BCUT2D eigenvalue weighted by Crippen LogP contribution is 2.30. The summed E-state index contributed by atoms with van der Waals surface area (Å²) in [6, 6.07) is 6.23. The number of nitrogens with one attached hydrogen (secondary N) is 1. The topological polar surface area (TPSA) is 15.3 Å². The summed E-state index contributed by atoms with van der Waals surface area (Å²) in [4.78, 5) is 2.61. The summed E-state index contributed by atoms with van der Waals surface area (Å²) in [6.45, 7) is 7.04. The maximum Gasteiger partial charge on any atom is 0.0624 e. The Labute approximate surface area is 138 Å². The standard InChI is InChI=1S/C17H26Cl2N2/c1-17(2,21-10-5-4-6-11-21)15(20-3)12-13-8-7-9-14(18)16(13)19/h7-9,15,20H,4-6,10-12H2,1-3H3. The number of benzene rings is 1. The Bertz CT molecular complexity index is 468. The van der Waals surface area contributed by atoms with Gasteiger partial charge in [0.25, 0.3) is 0 Å². The van der Waals surface area contributed by atoms with Gasteiger partial charge in [0.2, 0.25) is 0 Å². The molecule has 2 nitrogen and oxygen atoms in total. The molecule has 0 aromatic heterocycles. The van der Waals surface area contributed by atoms with E-state index in [0.717, 1.165) is 12.0 Å². The lowest BCUT2D eigenvalue weighted by atomic mass is 9.86. The molecule has 1 aliphatic heterocycles. The molecule has 1 unspecified atom stereocenters. The molecular formula is C17H26Cl2N2. The molecule has 1 fully saturated rings. The summed E-state index contributed by atoms with van der Waals surface area (Å²) in [5.74, 6) is 0. The summed E-state index contributed by atoms with van der Waals surface area (Å²) < 4.78 is 0. The number of rotatable bonds is 5. The summed E-state index contributed by atoms with van der Waals surface area (Å²) >= 11 is 12.5. The number of likely N-dealkylation sites (tertiary alicyclic amines) is 1. The Morgan fingerprint density at radius 2 is 1.86 bits per heavy atom. The van der Waals surface area contributed by atoms with Crippen molar-refractivity contribution in [1.82, 2.24) is 10.2 Å². The van der Waals surface area contributed by atoms with Crippen molar-refractivity contribution in [3.63, 3.8) is 0 Å². The molecular weight excluding hydrogens is 303 g/mol. The Balaban J connectivity index is 2.16. The number of piperidine rings is 1.